The van der Waals surface area contributed by atoms with Crippen LogP contribution in [0.25, 0.3) is 0 Å². The summed E-state index contributed by atoms with van der Waals surface area (Å²) in [5.74, 6) is -2.01. The van der Waals surface area contributed by atoms with E-state index in [1.54, 1.807) is 0 Å². The Balaban J connectivity index is 2.28. The molecule has 0 unspecified atom stereocenters. The Morgan fingerprint density at radius 2 is 2.11 bits per heavy atom. The van der Waals surface area contributed by atoms with E-state index < -0.39 is 11.6 Å². The van der Waals surface area contributed by atoms with Crippen molar-refractivity contribution >= 4 is 5.78 Å². The highest BCUT2D eigenvalue weighted by atomic mass is 19.2. The molecule has 0 amide bonds. The van der Waals surface area contributed by atoms with Gasteiger partial charge in [0.2, 0.25) is 0 Å². The maximum Gasteiger partial charge on any atom is 0.171 e. The van der Waals surface area contributed by atoms with Gasteiger partial charge in [-0.1, -0.05) is 12.1 Å². The third-order valence-corrected chi connectivity index (χ3v) is 2.69. The summed E-state index contributed by atoms with van der Waals surface area (Å²) in [4.78, 5) is 15.9. The lowest BCUT2D eigenvalue weighted by molar-refractivity contribution is 0.0988. The second-order valence-corrected chi connectivity index (χ2v) is 3.89. The van der Waals surface area contributed by atoms with E-state index in [1.165, 1.54) is 37.7 Å². The van der Waals surface area contributed by atoms with Gasteiger partial charge < -0.3 is 4.74 Å². The van der Waals surface area contributed by atoms with Crippen LogP contribution in [-0.2, 0) is 6.42 Å². The maximum atomic E-state index is 13.5. The topological polar surface area (TPSA) is 39.2 Å². The second-order valence-electron chi connectivity index (χ2n) is 3.89. The Morgan fingerprint density at radius 3 is 2.84 bits per heavy atom. The summed E-state index contributed by atoms with van der Waals surface area (Å²) < 4.78 is 31.6. The first kappa shape index (κ1) is 13.1. The number of halogens is 2. The van der Waals surface area contributed by atoms with Crippen molar-refractivity contribution in [1.29, 1.82) is 0 Å². The molecule has 5 heteroatoms. The van der Waals surface area contributed by atoms with Crippen molar-refractivity contribution < 1.29 is 18.3 Å². The largest absolute Gasteiger partial charge is 0.494 e. The third-order valence-electron chi connectivity index (χ3n) is 2.69. The number of carbonyl (C=O) groups excluding carboxylic acids is 1. The van der Waals surface area contributed by atoms with E-state index in [2.05, 4.69) is 4.98 Å². The van der Waals surface area contributed by atoms with E-state index in [1.807, 2.05) is 0 Å². The number of pyridine rings is 1. The van der Waals surface area contributed by atoms with Gasteiger partial charge in [-0.05, 0) is 17.7 Å². The Kier molecular flexibility index (Phi) is 3.85. The summed E-state index contributed by atoms with van der Waals surface area (Å²) in [6.07, 6.45) is 2.61. The highest BCUT2D eigenvalue weighted by molar-refractivity contribution is 5.99. The standard InChI is InChI=1S/C14H11F2NO2/c1-19-13-8-17-6-5-10(13)12(18)7-9-3-2-4-11(15)14(9)16/h2-6,8H,7H2,1H3. The molecule has 3 nitrogen and oxygen atoms in total. The SMILES string of the molecule is COc1cnccc1C(=O)Cc1cccc(F)c1F. The van der Waals surface area contributed by atoms with Crippen LogP contribution in [0.4, 0.5) is 8.78 Å². The highest BCUT2D eigenvalue weighted by Gasteiger charge is 2.16. The fourth-order valence-corrected chi connectivity index (χ4v) is 1.73. The molecule has 0 saturated carbocycles. The van der Waals surface area contributed by atoms with Gasteiger partial charge in [0.25, 0.3) is 0 Å². The molecule has 2 aromatic rings. The van der Waals surface area contributed by atoms with Gasteiger partial charge in [0.15, 0.2) is 17.4 Å². The molecule has 0 aliphatic heterocycles. The normalized spacial score (nSPS) is 10.3. The van der Waals surface area contributed by atoms with E-state index >= 15 is 0 Å². The Morgan fingerprint density at radius 1 is 1.32 bits per heavy atom. The minimum atomic E-state index is -0.996. The molecule has 0 atom stereocenters. The van der Waals surface area contributed by atoms with Crippen LogP contribution in [0.1, 0.15) is 15.9 Å². The smallest absolute Gasteiger partial charge is 0.171 e. The molecule has 0 spiro atoms. The zero-order chi connectivity index (χ0) is 13.8. The van der Waals surface area contributed by atoms with Crippen molar-refractivity contribution in [2.24, 2.45) is 0 Å². The number of benzene rings is 1. The van der Waals surface area contributed by atoms with Crippen molar-refractivity contribution in [2.75, 3.05) is 7.11 Å². The molecular weight excluding hydrogens is 252 g/mol. The van der Waals surface area contributed by atoms with Gasteiger partial charge in [-0.15, -0.1) is 0 Å². The van der Waals surface area contributed by atoms with Gasteiger partial charge in [0.1, 0.15) is 5.75 Å². The van der Waals surface area contributed by atoms with Gasteiger partial charge in [-0.2, -0.15) is 0 Å². The van der Waals surface area contributed by atoms with Crippen molar-refractivity contribution in [2.45, 2.75) is 6.42 Å². The van der Waals surface area contributed by atoms with Crippen LogP contribution in [0.3, 0.4) is 0 Å². The van der Waals surface area contributed by atoms with Crippen molar-refractivity contribution in [3.63, 3.8) is 0 Å². The van der Waals surface area contributed by atoms with Crippen molar-refractivity contribution in [1.82, 2.24) is 4.98 Å². The van der Waals surface area contributed by atoms with Gasteiger partial charge in [-0.3, -0.25) is 9.78 Å². The van der Waals surface area contributed by atoms with Crippen LogP contribution < -0.4 is 4.74 Å². The Labute approximate surface area is 108 Å². The molecule has 0 aliphatic carbocycles. The number of nitrogens with zero attached hydrogens (tertiary/aromatic N) is 1. The van der Waals surface area contributed by atoms with Crippen LogP contribution in [0.15, 0.2) is 36.7 Å². The summed E-state index contributed by atoms with van der Waals surface area (Å²) in [6, 6.07) is 5.24. The van der Waals surface area contributed by atoms with E-state index in [4.69, 9.17) is 4.74 Å². The number of Topliss-reactive ketones (excluding diaryl/α,β-unsaturated/α-hetero) is 1. The average molecular weight is 263 g/mol. The molecule has 1 aromatic carbocycles. The Bertz CT molecular complexity index is 614. The molecular formula is C14H11F2NO2. The predicted octanol–water partition coefficient (Wildman–Crippen LogP) is 2.79. The zero-order valence-electron chi connectivity index (χ0n) is 10.2. The lowest BCUT2D eigenvalue weighted by Crippen LogP contribution is -2.08. The fraction of sp³-hybridized carbons (Fsp3) is 0.143. The van der Waals surface area contributed by atoms with Gasteiger partial charge in [-0.25, -0.2) is 8.78 Å². The van der Waals surface area contributed by atoms with E-state index in [0.29, 0.717) is 11.3 Å². The molecule has 0 saturated heterocycles. The lowest BCUT2D eigenvalue weighted by Gasteiger charge is -2.07. The Hall–Kier alpha value is -2.30. The molecule has 0 aliphatic rings. The number of methoxy groups -OCH3 is 1. The van der Waals surface area contributed by atoms with Crippen LogP contribution >= 0.6 is 0 Å². The molecule has 98 valence electrons. The lowest BCUT2D eigenvalue weighted by atomic mass is 10.0. The van der Waals surface area contributed by atoms with Gasteiger partial charge in [0, 0.05) is 12.6 Å². The number of ketones is 1. The first-order chi connectivity index (χ1) is 9.13. The average Bonchev–Trinajstić information content (AvgIpc) is 2.43. The van der Waals surface area contributed by atoms with E-state index in [0.717, 1.165) is 6.07 Å². The highest BCUT2D eigenvalue weighted by Crippen LogP contribution is 2.20. The van der Waals surface area contributed by atoms with E-state index in [9.17, 15) is 13.6 Å². The van der Waals surface area contributed by atoms with Crippen molar-refractivity contribution in [3.8, 4) is 5.75 Å². The summed E-state index contributed by atoms with van der Waals surface area (Å²) in [5, 5.41) is 0. The van der Waals surface area contributed by atoms with Gasteiger partial charge in [0.05, 0.1) is 18.9 Å². The van der Waals surface area contributed by atoms with Gasteiger partial charge >= 0.3 is 0 Å². The van der Waals surface area contributed by atoms with Crippen LogP contribution in [0, 0.1) is 11.6 Å². The van der Waals surface area contributed by atoms with Crippen LogP contribution in [0.5, 0.6) is 5.75 Å². The van der Waals surface area contributed by atoms with Crippen LogP contribution in [0.2, 0.25) is 0 Å². The number of hydrogen-bond acceptors (Lipinski definition) is 3. The first-order valence-corrected chi connectivity index (χ1v) is 5.57. The van der Waals surface area contributed by atoms with E-state index in [-0.39, 0.29) is 17.8 Å². The first-order valence-electron chi connectivity index (χ1n) is 5.57. The molecule has 0 N–H and O–H groups in total. The minimum Gasteiger partial charge on any atom is -0.494 e. The fourth-order valence-electron chi connectivity index (χ4n) is 1.73. The second kappa shape index (κ2) is 5.56. The van der Waals surface area contributed by atoms with Crippen molar-refractivity contribution in [3.05, 3.63) is 59.4 Å². The molecule has 0 fully saturated rings. The molecule has 0 bridgehead atoms. The number of carbonyl (C=O) groups is 1. The number of hydrogen-bond donors (Lipinski definition) is 0. The molecule has 0 radical (unpaired) electrons. The minimum absolute atomic E-state index is 0.0175. The quantitative estimate of drug-likeness (QED) is 0.796. The molecule has 2 rings (SSSR count). The third kappa shape index (κ3) is 2.76. The number of rotatable bonds is 4. The van der Waals surface area contributed by atoms with Crippen LogP contribution in [-0.4, -0.2) is 17.9 Å². The summed E-state index contributed by atoms with van der Waals surface area (Å²) >= 11 is 0. The number of ether oxygens (including phenoxy) is 1. The monoisotopic (exact) mass is 263 g/mol. The predicted molar refractivity (Wildman–Crippen MR) is 65.2 cm³/mol. The number of aromatic nitrogens is 1. The summed E-state index contributed by atoms with van der Waals surface area (Å²) in [7, 11) is 1.41. The molecule has 1 heterocycles. The molecule has 1 aromatic heterocycles. The molecule has 19 heavy (non-hydrogen) atoms. The summed E-state index contributed by atoms with van der Waals surface area (Å²) in [5.41, 5.74) is 0.310. The zero-order valence-corrected chi connectivity index (χ0v) is 10.2. The summed E-state index contributed by atoms with van der Waals surface area (Å²) in [6.45, 7) is 0. The maximum absolute atomic E-state index is 13.5.